The van der Waals surface area contributed by atoms with E-state index in [-0.39, 0.29) is 24.7 Å². The lowest BCUT2D eigenvalue weighted by Gasteiger charge is -2.22. The number of methoxy groups -OCH3 is 1. The molecule has 6 heteroatoms. The molecule has 0 aliphatic carbocycles. The molecule has 5 nitrogen and oxygen atoms in total. The fourth-order valence-corrected chi connectivity index (χ4v) is 1.83. The van der Waals surface area contributed by atoms with Gasteiger partial charge in [-0.25, -0.2) is 0 Å². The van der Waals surface area contributed by atoms with Crippen molar-refractivity contribution in [3.8, 4) is 11.8 Å². The number of phenols is 1. The van der Waals surface area contributed by atoms with Crippen LogP contribution >= 0.6 is 11.6 Å². The largest absolute Gasteiger partial charge is 0.508 e. The van der Waals surface area contributed by atoms with Gasteiger partial charge >= 0.3 is 0 Å². The molecule has 0 aromatic heterocycles. The van der Waals surface area contributed by atoms with E-state index in [2.05, 4.69) is 5.32 Å². The number of nitriles is 1. The van der Waals surface area contributed by atoms with E-state index >= 15 is 0 Å². The van der Waals surface area contributed by atoms with Crippen LogP contribution in [0.1, 0.15) is 12.5 Å². The van der Waals surface area contributed by atoms with Crippen LogP contribution in [0.15, 0.2) is 18.2 Å². The van der Waals surface area contributed by atoms with Gasteiger partial charge in [-0.2, -0.15) is 5.26 Å². The maximum absolute atomic E-state index is 11.9. The summed E-state index contributed by atoms with van der Waals surface area (Å²) in [6.07, 6.45) is 0.0279. The Morgan fingerprint density at radius 3 is 2.84 bits per heavy atom. The summed E-state index contributed by atoms with van der Waals surface area (Å²) >= 11 is 5.91. The van der Waals surface area contributed by atoms with E-state index in [0.717, 1.165) is 0 Å². The number of carbonyl (C=O) groups is 1. The summed E-state index contributed by atoms with van der Waals surface area (Å²) in [5, 5.41) is 21.1. The van der Waals surface area contributed by atoms with Gasteiger partial charge < -0.3 is 15.2 Å². The Hall–Kier alpha value is -1.77. The third-order valence-electron chi connectivity index (χ3n) is 2.48. The first-order valence-electron chi connectivity index (χ1n) is 5.59. The van der Waals surface area contributed by atoms with Gasteiger partial charge in [0.05, 0.1) is 19.1 Å². The molecule has 1 amide bonds. The van der Waals surface area contributed by atoms with Gasteiger partial charge in [0.15, 0.2) is 0 Å². The van der Waals surface area contributed by atoms with Crippen LogP contribution in [0.2, 0.25) is 5.02 Å². The summed E-state index contributed by atoms with van der Waals surface area (Å²) in [5.41, 5.74) is -0.496. The van der Waals surface area contributed by atoms with Gasteiger partial charge in [0, 0.05) is 12.1 Å². The molecular formula is C13H15ClN2O3. The molecule has 1 rings (SSSR count). The highest BCUT2D eigenvalue weighted by Crippen LogP contribution is 2.22. The van der Waals surface area contributed by atoms with Crippen molar-refractivity contribution < 1.29 is 14.6 Å². The predicted molar refractivity (Wildman–Crippen MR) is 70.9 cm³/mol. The molecule has 0 spiro atoms. The second kappa shape index (κ2) is 6.41. The number of rotatable bonds is 5. The van der Waals surface area contributed by atoms with Gasteiger partial charge in [0.1, 0.15) is 11.3 Å². The van der Waals surface area contributed by atoms with Crippen molar-refractivity contribution in [2.45, 2.75) is 18.9 Å². The minimum Gasteiger partial charge on any atom is -0.508 e. The van der Waals surface area contributed by atoms with Crippen LogP contribution in [0.5, 0.6) is 5.75 Å². The van der Waals surface area contributed by atoms with Crippen LogP contribution in [0.25, 0.3) is 0 Å². The van der Waals surface area contributed by atoms with E-state index in [0.29, 0.717) is 10.6 Å². The first-order chi connectivity index (χ1) is 8.90. The number of nitrogens with zero attached hydrogens (tertiary/aromatic N) is 1. The molecule has 1 aromatic carbocycles. The van der Waals surface area contributed by atoms with Crippen LogP contribution in [0, 0.1) is 11.3 Å². The Morgan fingerprint density at radius 2 is 2.32 bits per heavy atom. The minimum absolute atomic E-state index is 0.0279. The maximum Gasteiger partial charge on any atom is 0.225 e. The molecular weight excluding hydrogens is 268 g/mol. The van der Waals surface area contributed by atoms with Crippen molar-refractivity contribution in [3.63, 3.8) is 0 Å². The van der Waals surface area contributed by atoms with E-state index < -0.39 is 5.54 Å². The first kappa shape index (κ1) is 15.3. The summed E-state index contributed by atoms with van der Waals surface area (Å²) in [6, 6.07) is 6.37. The lowest BCUT2D eigenvalue weighted by atomic mass is 10.0. The van der Waals surface area contributed by atoms with Gasteiger partial charge in [-0.1, -0.05) is 17.7 Å². The van der Waals surface area contributed by atoms with Crippen molar-refractivity contribution >= 4 is 17.5 Å². The molecule has 0 aliphatic rings. The average Bonchev–Trinajstić information content (AvgIpc) is 2.33. The van der Waals surface area contributed by atoms with Crippen LogP contribution in [-0.4, -0.2) is 30.3 Å². The van der Waals surface area contributed by atoms with Crippen molar-refractivity contribution in [3.05, 3.63) is 28.8 Å². The topological polar surface area (TPSA) is 82.3 Å². The van der Waals surface area contributed by atoms with Gasteiger partial charge in [-0.3, -0.25) is 4.79 Å². The Morgan fingerprint density at radius 1 is 1.63 bits per heavy atom. The van der Waals surface area contributed by atoms with Crippen molar-refractivity contribution in [2.75, 3.05) is 13.7 Å². The summed E-state index contributed by atoms with van der Waals surface area (Å²) in [6.45, 7) is 1.67. The number of amides is 1. The van der Waals surface area contributed by atoms with E-state index in [1.807, 2.05) is 6.07 Å². The SMILES string of the molecule is COC[C@@](C)(C#N)NC(=O)Cc1ccc(O)cc1Cl. The molecule has 0 saturated heterocycles. The van der Waals surface area contributed by atoms with Crippen molar-refractivity contribution in [1.82, 2.24) is 5.32 Å². The van der Waals surface area contributed by atoms with E-state index in [4.69, 9.17) is 21.6 Å². The minimum atomic E-state index is -1.07. The first-order valence-corrected chi connectivity index (χ1v) is 5.96. The fourth-order valence-electron chi connectivity index (χ4n) is 1.59. The molecule has 0 fully saturated rings. The predicted octanol–water partition coefficient (Wildman–Crippen LogP) is 1.63. The van der Waals surface area contributed by atoms with Crippen molar-refractivity contribution in [2.24, 2.45) is 0 Å². The molecule has 0 unspecified atom stereocenters. The lowest BCUT2D eigenvalue weighted by molar-refractivity contribution is -0.122. The van der Waals surface area contributed by atoms with Crippen molar-refractivity contribution in [1.29, 1.82) is 5.26 Å². The van der Waals surface area contributed by atoms with Crippen LogP contribution in [0.3, 0.4) is 0 Å². The maximum atomic E-state index is 11.9. The van der Waals surface area contributed by atoms with Gasteiger partial charge in [-0.05, 0) is 24.6 Å². The van der Waals surface area contributed by atoms with Crippen LogP contribution < -0.4 is 5.32 Å². The highest BCUT2D eigenvalue weighted by atomic mass is 35.5. The Kier molecular flexibility index (Phi) is 5.16. The summed E-state index contributed by atoms with van der Waals surface area (Å²) in [4.78, 5) is 11.9. The summed E-state index contributed by atoms with van der Waals surface area (Å²) < 4.78 is 4.89. The molecule has 1 aromatic rings. The number of halogens is 1. The number of benzene rings is 1. The molecule has 19 heavy (non-hydrogen) atoms. The molecule has 2 N–H and O–H groups in total. The van der Waals surface area contributed by atoms with E-state index in [9.17, 15) is 9.90 Å². The van der Waals surface area contributed by atoms with Gasteiger partial charge in [0.25, 0.3) is 0 Å². The second-order valence-electron chi connectivity index (χ2n) is 4.38. The monoisotopic (exact) mass is 282 g/mol. The summed E-state index contributed by atoms with van der Waals surface area (Å²) in [7, 11) is 1.46. The zero-order valence-electron chi connectivity index (χ0n) is 10.7. The average molecular weight is 283 g/mol. The van der Waals surface area contributed by atoms with Gasteiger partial charge in [0.2, 0.25) is 5.91 Å². The number of carbonyl (C=O) groups excluding carboxylic acids is 1. The van der Waals surface area contributed by atoms with Gasteiger partial charge in [-0.15, -0.1) is 0 Å². The quantitative estimate of drug-likeness (QED) is 0.860. The fraction of sp³-hybridized carbons (Fsp3) is 0.385. The Bertz CT molecular complexity index is 513. The Labute approximate surface area is 116 Å². The number of nitrogens with one attached hydrogen (secondary N) is 1. The highest BCUT2D eigenvalue weighted by Gasteiger charge is 2.26. The zero-order chi connectivity index (χ0) is 14.5. The molecule has 0 radical (unpaired) electrons. The number of ether oxygens (including phenoxy) is 1. The molecule has 102 valence electrons. The molecule has 0 aliphatic heterocycles. The normalized spacial score (nSPS) is 13.4. The smallest absolute Gasteiger partial charge is 0.225 e. The lowest BCUT2D eigenvalue weighted by Crippen LogP contribution is -2.48. The van der Waals surface area contributed by atoms with Crippen LogP contribution in [-0.2, 0) is 16.0 Å². The number of hydrogen-bond acceptors (Lipinski definition) is 4. The standard InChI is InChI=1S/C13H15ClN2O3/c1-13(7-15,8-19-2)16-12(18)5-9-3-4-10(17)6-11(9)14/h3-4,6,17H,5,8H2,1-2H3,(H,16,18)/t13-/m1/s1. The molecule has 0 heterocycles. The van der Waals surface area contributed by atoms with E-state index in [1.165, 1.54) is 19.2 Å². The molecule has 0 bridgehead atoms. The third kappa shape index (κ3) is 4.43. The second-order valence-corrected chi connectivity index (χ2v) is 4.78. The summed E-state index contributed by atoms with van der Waals surface area (Å²) in [5.74, 6) is -0.302. The Balaban J connectivity index is 2.73. The highest BCUT2D eigenvalue weighted by molar-refractivity contribution is 6.31. The number of hydrogen-bond donors (Lipinski definition) is 2. The van der Waals surface area contributed by atoms with E-state index in [1.54, 1.807) is 13.0 Å². The molecule has 0 saturated carbocycles. The molecule has 1 atom stereocenters. The third-order valence-corrected chi connectivity index (χ3v) is 2.83. The zero-order valence-corrected chi connectivity index (χ0v) is 11.5. The number of aromatic hydroxyl groups is 1. The van der Waals surface area contributed by atoms with Crippen LogP contribution in [0.4, 0.5) is 0 Å². The number of phenolic OH excluding ortho intramolecular Hbond substituents is 1.